The Morgan fingerprint density at radius 1 is 1.03 bits per heavy atom. The first-order valence-corrected chi connectivity index (χ1v) is 10.2. The number of urea groups is 1. The van der Waals surface area contributed by atoms with E-state index in [9.17, 15) is 9.90 Å². The fraction of sp³-hybridized carbons (Fsp3) is 0.455. The summed E-state index contributed by atoms with van der Waals surface area (Å²) in [5, 5.41) is 12.2. The Morgan fingerprint density at radius 3 is 2.23 bits per heavy atom. The molecular formula is C22H30N4O5. The smallest absolute Gasteiger partial charge is 0.322 e. The van der Waals surface area contributed by atoms with E-state index >= 15 is 0 Å². The van der Waals surface area contributed by atoms with Gasteiger partial charge in [-0.1, -0.05) is 0 Å². The first-order valence-electron chi connectivity index (χ1n) is 10.2. The summed E-state index contributed by atoms with van der Waals surface area (Å²) >= 11 is 0. The van der Waals surface area contributed by atoms with Crippen molar-refractivity contribution in [3.05, 3.63) is 35.5 Å². The molecule has 0 saturated carbocycles. The van der Waals surface area contributed by atoms with E-state index in [0.29, 0.717) is 44.2 Å². The molecule has 0 spiro atoms. The molecule has 0 atom stereocenters. The highest BCUT2D eigenvalue weighted by Crippen LogP contribution is 2.29. The number of piperazine rings is 1. The van der Waals surface area contributed by atoms with Gasteiger partial charge in [-0.2, -0.15) is 0 Å². The molecular weight excluding hydrogens is 400 g/mol. The molecule has 2 amide bonds. The summed E-state index contributed by atoms with van der Waals surface area (Å²) in [5.41, 5.74) is 3.14. The quantitative estimate of drug-likeness (QED) is 0.696. The maximum absolute atomic E-state index is 12.9. The van der Waals surface area contributed by atoms with Crippen molar-refractivity contribution in [2.45, 2.75) is 13.3 Å². The number of pyridine rings is 1. The lowest BCUT2D eigenvalue weighted by molar-refractivity contribution is 0.208. The maximum Gasteiger partial charge on any atom is 0.322 e. The molecule has 1 aromatic carbocycles. The number of carbonyl (C=O) groups is 1. The largest absolute Gasteiger partial charge is 0.497 e. The number of carbonyl (C=O) groups excluding carboxylic acids is 1. The van der Waals surface area contributed by atoms with E-state index in [1.807, 2.05) is 31.2 Å². The topological polar surface area (TPSA) is 96.4 Å². The second-order valence-electron chi connectivity index (χ2n) is 7.24. The van der Waals surface area contributed by atoms with E-state index in [1.165, 1.54) is 7.11 Å². The maximum atomic E-state index is 12.9. The van der Waals surface area contributed by atoms with Gasteiger partial charge in [0.2, 0.25) is 5.88 Å². The number of benzene rings is 1. The first-order chi connectivity index (χ1) is 15.0. The summed E-state index contributed by atoms with van der Waals surface area (Å²) < 4.78 is 16.0. The molecule has 9 nitrogen and oxygen atoms in total. The standard InChI is InChI=1S/C22H30N4O5/c1-15-16(5-10-27)11-20(21(23-15)31-4)24-22(28)26-8-6-25(7-9-26)17-12-18(29-2)14-19(13-17)30-3/h11-14,27H,5-10H2,1-4H3,(H,24,28). The van der Waals surface area contributed by atoms with Gasteiger partial charge >= 0.3 is 6.03 Å². The van der Waals surface area contributed by atoms with Gasteiger partial charge in [0.05, 0.1) is 21.3 Å². The van der Waals surface area contributed by atoms with Crippen LogP contribution in [0.4, 0.5) is 16.2 Å². The van der Waals surface area contributed by atoms with Crippen molar-refractivity contribution >= 4 is 17.4 Å². The molecule has 2 heterocycles. The van der Waals surface area contributed by atoms with Gasteiger partial charge < -0.3 is 34.4 Å². The van der Waals surface area contributed by atoms with Crippen LogP contribution < -0.4 is 24.4 Å². The number of aryl methyl sites for hydroxylation is 1. The van der Waals surface area contributed by atoms with Crippen molar-refractivity contribution in [2.24, 2.45) is 0 Å². The van der Waals surface area contributed by atoms with Crippen molar-refractivity contribution in [1.82, 2.24) is 9.88 Å². The van der Waals surface area contributed by atoms with Crippen molar-refractivity contribution < 1.29 is 24.1 Å². The fourth-order valence-electron chi connectivity index (χ4n) is 3.58. The van der Waals surface area contributed by atoms with E-state index in [2.05, 4.69) is 15.2 Å². The molecule has 31 heavy (non-hydrogen) atoms. The lowest BCUT2D eigenvalue weighted by atomic mass is 10.1. The number of hydrogen-bond acceptors (Lipinski definition) is 7. The van der Waals surface area contributed by atoms with Crippen LogP contribution in [0.1, 0.15) is 11.3 Å². The normalized spacial score (nSPS) is 13.7. The lowest BCUT2D eigenvalue weighted by Crippen LogP contribution is -2.50. The number of nitrogens with one attached hydrogen (secondary N) is 1. The average molecular weight is 431 g/mol. The van der Waals surface area contributed by atoms with Crippen molar-refractivity contribution in [1.29, 1.82) is 0 Å². The molecule has 0 bridgehead atoms. The summed E-state index contributed by atoms with van der Waals surface area (Å²) in [6.07, 6.45) is 0.467. The van der Waals surface area contributed by atoms with Crippen LogP contribution in [0.15, 0.2) is 24.3 Å². The molecule has 2 N–H and O–H groups in total. The van der Waals surface area contributed by atoms with E-state index in [4.69, 9.17) is 14.2 Å². The highest BCUT2D eigenvalue weighted by atomic mass is 16.5. The second-order valence-corrected chi connectivity index (χ2v) is 7.24. The SMILES string of the molecule is COc1cc(OC)cc(N2CCN(C(=O)Nc3cc(CCO)c(C)nc3OC)CC2)c1. The lowest BCUT2D eigenvalue weighted by Gasteiger charge is -2.36. The van der Waals surface area contributed by atoms with Gasteiger partial charge in [0.25, 0.3) is 0 Å². The van der Waals surface area contributed by atoms with Gasteiger partial charge in [-0.3, -0.25) is 0 Å². The number of methoxy groups -OCH3 is 3. The van der Waals surface area contributed by atoms with Crippen LogP contribution in [0.3, 0.4) is 0 Å². The monoisotopic (exact) mass is 430 g/mol. The van der Waals surface area contributed by atoms with Gasteiger partial charge in [-0.05, 0) is 25.0 Å². The summed E-state index contributed by atoms with van der Waals surface area (Å²) in [7, 11) is 4.77. The number of nitrogens with zero attached hydrogens (tertiary/aromatic N) is 3. The van der Waals surface area contributed by atoms with Crippen molar-refractivity contribution in [3.63, 3.8) is 0 Å². The van der Waals surface area contributed by atoms with Gasteiger partial charge in [-0.25, -0.2) is 9.78 Å². The number of aliphatic hydroxyl groups excluding tert-OH is 1. The minimum absolute atomic E-state index is 0.0131. The number of ether oxygens (including phenoxy) is 3. The third-order valence-electron chi connectivity index (χ3n) is 5.37. The molecule has 1 saturated heterocycles. The predicted octanol–water partition coefficient (Wildman–Crippen LogP) is 2.30. The van der Waals surface area contributed by atoms with Crippen LogP contribution in [0.25, 0.3) is 0 Å². The van der Waals surface area contributed by atoms with Crippen molar-refractivity contribution in [3.8, 4) is 17.4 Å². The molecule has 1 aliphatic rings. The number of hydrogen-bond donors (Lipinski definition) is 2. The Bertz CT molecular complexity index is 891. The van der Waals surface area contributed by atoms with E-state index in [-0.39, 0.29) is 12.6 Å². The van der Waals surface area contributed by atoms with E-state index in [0.717, 1.165) is 28.4 Å². The molecule has 168 valence electrons. The predicted molar refractivity (Wildman–Crippen MR) is 119 cm³/mol. The summed E-state index contributed by atoms with van der Waals surface area (Å²) in [5.74, 6) is 1.81. The third kappa shape index (κ3) is 5.29. The molecule has 1 aliphatic heterocycles. The van der Waals surface area contributed by atoms with Gasteiger partial charge in [0.15, 0.2) is 0 Å². The fourth-order valence-corrected chi connectivity index (χ4v) is 3.58. The molecule has 9 heteroatoms. The highest BCUT2D eigenvalue weighted by Gasteiger charge is 2.23. The Kier molecular flexibility index (Phi) is 7.41. The number of rotatable bonds is 7. The molecule has 1 aromatic heterocycles. The zero-order valence-electron chi connectivity index (χ0n) is 18.5. The Hall–Kier alpha value is -3.20. The molecule has 0 aliphatic carbocycles. The van der Waals surface area contributed by atoms with Crippen molar-refractivity contribution in [2.75, 3.05) is 64.3 Å². The molecule has 3 rings (SSSR count). The van der Waals surface area contributed by atoms with Crippen LogP contribution in [0.2, 0.25) is 0 Å². The zero-order valence-corrected chi connectivity index (χ0v) is 18.5. The molecule has 0 unspecified atom stereocenters. The van der Waals surface area contributed by atoms with Gasteiger partial charge in [0.1, 0.15) is 17.2 Å². The number of aromatic nitrogens is 1. The molecule has 2 aromatic rings. The summed E-state index contributed by atoms with van der Waals surface area (Å²) in [4.78, 5) is 21.2. The average Bonchev–Trinajstić information content (AvgIpc) is 2.80. The highest BCUT2D eigenvalue weighted by molar-refractivity contribution is 5.91. The second kappa shape index (κ2) is 10.2. The van der Waals surface area contributed by atoms with E-state index < -0.39 is 0 Å². The third-order valence-corrected chi connectivity index (χ3v) is 5.37. The van der Waals surface area contributed by atoms with Gasteiger partial charge in [-0.15, -0.1) is 0 Å². The molecule has 0 radical (unpaired) electrons. The van der Waals surface area contributed by atoms with Crippen LogP contribution in [0, 0.1) is 6.92 Å². The number of amides is 2. The Labute approximate surface area is 182 Å². The van der Waals surface area contributed by atoms with Crippen LogP contribution in [-0.2, 0) is 6.42 Å². The Morgan fingerprint density at radius 2 is 1.68 bits per heavy atom. The molecule has 1 fully saturated rings. The summed E-state index contributed by atoms with van der Waals surface area (Å²) in [6.45, 7) is 4.36. The Balaban J connectivity index is 1.67. The summed E-state index contributed by atoms with van der Waals surface area (Å²) in [6, 6.07) is 7.37. The number of aliphatic hydroxyl groups is 1. The van der Waals surface area contributed by atoms with Crippen LogP contribution in [0.5, 0.6) is 17.4 Å². The minimum atomic E-state index is -0.207. The van der Waals surface area contributed by atoms with Gasteiger partial charge in [0, 0.05) is 62.4 Å². The van der Waals surface area contributed by atoms with E-state index in [1.54, 1.807) is 19.1 Å². The zero-order chi connectivity index (χ0) is 22.4. The van der Waals surface area contributed by atoms with Crippen LogP contribution in [-0.4, -0.2) is 75.1 Å². The number of anilines is 2. The first kappa shape index (κ1) is 22.5. The van der Waals surface area contributed by atoms with Crippen LogP contribution >= 0.6 is 0 Å². The minimum Gasteiger partial charge on any atom is -0.497 e.